The Morgan fingerprint density at radius 1 is 0.861 bits per heavy atom. The number of aliphatic hydroxyl groups is 2. The molecule has 0 radical (unpaired) electrons. The molecule has 3 heterocycles. The van der Waals surface area contributed by atoms with Gasteiger partial charge in [0, 0.05) is 49.4 Å². The van der Waals surface area contributed by atoms with Crippen LogP contribution in [0.2, 0.25) is 0 Å². The average Bonchev–Trinajstić information content (AvgIpc) is 3.35. The van der Waals surface area contributed by atoms with Crippen LogP contribution in [0.15, 0.2) is 76.3 Å². The number of nitrogens with zero attached hydrogens (tertiary/aromatic N) is 1. The van der Waals surface area contributed by atoms with Gasteiger partial charge in [0.15, 0.2) is 5.78 Å². The van der Waals surface area contributed by atoms with Gasteiger partial charge in [-0.15, -0.1) is 0 Å². The predicted octanol–water partition coefficient (Wildman–Crippen LogP) is 9.79. The zero-order chi connectivity index (χ0) is 52.9. The summed E-state index contributed by atoms with van der Waals surface area (Å²) in [4.78, 5) is 72.5. The number of aliphatic hydroxyl groups excluding tert-OH is 1. The quantitative estimate of drug-likeness (QED) is 0.144. The van der Waals surface area contributed by atoms with Crippen molar-refractivity contribution in [1.82, 2.24) is 4.90 Å². The molecule has 1 unspecified atom stereocenters. The molecule has 2 saturated heterocycles. The van der Waals surface area contributed by atoms with Crippen molar-refractivity contribution in [3.8, 4) is 0 Å². The number of hydrogen-bond donors (Lipinski definition) is 2. The van der Waals surface area contributed by atoms with Gasteiger partial charge < -0.3 is 38.8 Å². The maximum atomic E-state index is 14.6. The molecule has 1 saturated carbocycles. The standard InChI is InChI=1S/C58H84BrNO12/c1-35-17-12-11-13-18-36(2)37(3)30-46-24-22-42(8)58(67,72-46)55(64)56(65)60-26-15-14-21-47(60)57(66)71-50(33-48(61)38(4)28-41(7)53(63)54(69-10)52(62)40(6)27-35)39(5)29-43-23-25-49(51(32-43)68-9)70-34-44-19-16-20-45(59)31-44/h11-13,16-20,28,31,35,37-40,42-43,46-47,49-51,53-54,63,67H,14-15,21-27,29-30,32-34H2,1-10H3/b13-11+,17-12+,36-18+,41-28+/t35-,37?,38-,39-,40-,42-,43+,46+,47+,49-,50+,51-,53-,54+,58-/m1/s1. The predicted molar refractivity (Wildman–Crippen MR) is 280 cm³/mol. The van der Waals surface area contributed by atoms with Crippen molar-refractivity contribution in [3.05, 3.63) is 81.9 Å². The number of rotatable bonds is 8. The van der Waals surface area contributed by atoms with Crippen LogP contribution in [0.1, 0.15) is 138 Å². The highest BCUT2D eigenvalue weighted by Crippen LogP contribution is 2.39. The molecule has 3 aliphatic heterocycles. The van der Waals surface area contributed by atoms with Crippen molar-refractivity contribution in [3.63, 3.8) is 0 Å². The van der Waals surface area contributed by atoms with Crippen molar-refractivity contribution in [1.29, 1.82) is 0 Å². The summed E-state index contributed by atoms with van der Waals surface area (Å²) in [6.45, 7) is 15.5. The van der Waals surface area contributed by atoms with Crippen LogP contribution in [-0.2, 0) is 54.3 Å². The highest BCUT2D eigenvalue weighted by Gasteiger charge is 2.53. The Labute approximate surface area is 437 Å². The molecule has 2 bridgehead atoms. The van der Waals surface area contributed by atoms with Crippen molar-refractivity contribution >= 4 is 45.2 Å². The number of piperidine rings is 1. The van der Waals surface area contributed by atoms with Crippen LogP contribution in [0.3, 0.4) is 0 Å². The third-order valence-electron chi connectivity index (χ3n) is 15.9. The number of ketones is 3. The minimum absolute atomic E-state index is 0.0290. The number of Topliss-reactive ketones (excluding diaryl/α,β-unsaturated/α-hetero) is 3. The number of amides is 1. The van der Waals surface area contributed by atoms with E-state index in [1.165, 1.54) is 12.0 Å². The molecular weight excluding hydrogens is 983 g/mol. The van der Waals surface area contributed by atoms with E-state index >= 15 is 0 Å². The molecule has 1 amide bonds. The minimum atomic E-state index is -2.38. The molecule has 1 aromatic rings. The molecule has 4 aliphatic rings. The van der Waals surface area contributed by atoms with Gasteiger partial charge in [-0.2, -0.15) is 0 Å². The van der Waals surface area contributed by atoms with Crippen LogP contribution in [0.5, 0.6) is 0 Å². The van der Waals surface area contributed by atoms with E-state index in [2.05, 4.69) is 22.9 Å². The molecular formula is C58H84BrNO12. The highest BCUT2D eigenvalue weighted by molar-refractivity contribution is 9.10. The Hall–Kier alpha value is -3.63. The van der Waals surface area contributed by atoms with Gasteiger partial charge in [-0.25, -0.2) is 4.79 Å². The maximum Gasteiger partial charge on any atom is 0.329 e. The molecule has 13 nitrogen and oxygen atoms in total. The summed E-state index contributed by atoms with van der Waals surface area (Å²) in [6, 6.07) is 6.88. The Morgan fingerprint density at radius 3 is 2.32 bits per heavy atom. The fourth-order valence-electron chi connectivity index (χ4n) is 11.1. The SMILES string of the molecule is CO[C@@H]1C[C@H](C[C@@H](C)[C@@H]2CC(=O)[C@H](C)/C=C(\C)[C@@H](O)[C@@H](OC)C(=O)[C@H](C)C[C@H](C)/C=C/C=C/C=C(\C)C(C)C[C@@H]3CC[C@@H](C)[C@@](O)(O3)C(=O)C(=O)N3CCCC[C@H]3C(=O)O2)CC[C@H]1OCc1cccc(Br)c1. The van der Waals surface area contributed by atoms with Crippen LogP contribution in [0, 0.1) is 41.4 Å². The van der Waals surface area contributed by atoms with Crippen LogP contribution < -0.4 is 0 Å². The Bertz CT molecular complexity index is 2140. The molecule has 400 valence electrons. The summed E-state index contributed by atoms with van der Waals surface area (Å²) in [6.07, 6.45) is 13.6. The summed E-state index contributed by atoms with van der Waals surface area (Å²) >= 11 is 3.54. The number of benzene rings is 1. The number of halogens is 1. The number of carbonyl (C=O) groups is 5. The highest BCUT2D eigenvalue weighted by atomic mass is 79.9. The van der Waals surface area contributed by atoms with Gasteiger partial charge in [0.2, 0.25) is 5.79 Å². The first-order valence-electron chi connectivity index (χ1n) is 26.5. The monoisotopic (exact) mass is 1070 g/mol. The molecule has 0 aromatic heterocycles. The van der Waals surface area contributed by atoms with Gasteiger partial charge in [-0.1, -0.05) is 112 Å². The van der Waals surface area contributed by atoms with Crippen molar-refractivity contribution < 1.29 is 57.9 Å². The second-order valence-electron chi connectivity index (χ2n) is 21.7. The number of ether oxygens (including phenoxy) is 5. The van der Waals surface area contributed by atoms with E-state index in [9.17, 15) is 34.2 Å². The van der Waals surface area contributed by atoms with E-state index < -0.39 is 71.7 Å². The second-order valence-corrected chi connectivity index (χ2v) is 22.6. The topological polar surface area (TPSA) is 175 Å². The molecule has 3 fully saturated rings. The van der Waals surface area contributed by atoms with Gasteiger partial charge >= 0.3 is 5.97 Å². The molecule has 1 aromatic carbocycles. The minimum Gasteiger partial charge on any atom is -0.460 e. The van der Waals surface area contributed by atoms with Gasteiger partial charge in [0.25, 0.3) is 11.7 Å². The Balaban J connectivity index is 1.43. The largest absolute Gasteiger partial charge is 0.460 e. The van der Waals surface area contributed by atoms with Crippen LogP contribution in [0.25, 0.3) is 0 Å². The van der Waals surface area contributed by atoms with E-state index in [4.69, 9.17) is 23.7 Å². The lowest BCUT2D eigenvalue weighted by atomic mass is 9.78. The van der Waals surface area contributed by atoms with Gasteiger partial charge in [0.1, 0.15) is 30.1 Å². The summed E-state index contributed by atoms with van der Waals surface area (Å²) in [5, 5.41) is 23.5. The van der Waals surface area contributed by atoms with E-state index in [1.54, 1.807) is 34.0 Å². The first-order valence-corrected chi connectivity index (χ1v) is 27.3. The summed E-state index contributed by atoms with van der Waals surface area (Å²) in [5.41, 5.74) is 2.52. The molecule has 1 aliphatic carbocycles. The average molecular weight is 1070 g/mol. The lowest BCUT2D eigenvalue weighted by molar-refractivity contribution is -0.264. The van der Waals surface area contributed by atoms with Gasteiger partial charge in [-0.3, -0.25) is 19.2 Å². The fourth-order valence-corrected chi connectivity index (χ4v) is 11.5. The third kappa shape index (κ3) is 15.9. The number of fused-ring (bicyclic) bond motifs is 3. The van der Waals surface area contributed by atoms with Crippen LogP contribution in [-0.4, -0.2) is 114 Å². The van der Waals surface area contributed by atoms with E-state index in [0.717, 1.165) is 28.5 Å². The maximum absolute atomic E-state index is 14.6. The normalized spacial score (nSPS) is 37.6. The zero-order valence-corrected chi connectivity index (χ0v) is 46.1. The molecule has 5 rings (SSSR count). The van der Waals surface area contributed by atoms with Gasteiger partial charge in [0.05, 0.1) is 24.9 Å². The number of esters is 1. The summed E-state index contributed by atoms with van der Waals surface area (Å²) in [5.74, 6) is -7.59. The number of hydrogen-bond acceptors (Lipinski definition) is 12. The Morgan fingerprint density at radius 2 is 1.61 bits per heavy atom. The smallest absolute Gasteiger partial charge is 0.329 e. The number of carbonyl (C=O) groups excluding carboxylic acids is 5. The lowest BCUT2D eigenvalue weighted by Gasteiger charge is -2.42. The number of cyclic esters (lactones) is 1. The van der Waals surface area contributed by atoms with Crippen molar-refractivity contribution in [2.24, 2.45) is 41.4 Å². The first-order chi connectivity index (χ1) is 34.2. The summed E-state index contributed by atoms with van der Waals surface area (Å²) < 4.78 is 31.6. The molecule has 72 heavy (non-hydrogen) atoms. The molecule has 2 N–H and O–H groups in total. The zero-order valence-electron chi connectivity index (χ0n) is 44.6. The van der Waals surface area contributed by atoms with Gasteiger partial charge in [-0.05, 0) is 131 Å². The van der Waals surface area contributed by atoms with Crippen molar-refractivity contribution in [2.75, 3.05) is 20.8 Å². The third-order valence-corrected chi connectivity index (χ3v) is 16.4. The van der Waals surface area contributed by atoms with E-state index in [-0.39, 0.29) is 66.8 Å². The first kappa shape index (κ1) is 59.2. The number of allylic oxidation sites excluding steroid dienone is 7. The molecule has 15 atom stereocenters. The molecule has 0 spiro atoms. The second kappa shape index (κ2) is 27.8. The van der Waals surface area contributed by atoms with E-state index in [0.29, 0.717) is 63.5 Å². The molecule has 14 heteroatoms. The Kier molecular flexibility index (Phi) is 22.9. The lowest BCUT2D eigenvalue weighted by Crippen LogP contribution is -2.60. The van der Waals surface area contributed by atoms with Crippen molar-refractivity contribution in [2.45, 2.75) is 187 Å². The van der Waals surface area contributed by atoms with Crippen LogP contribution >= 0.6 is 15.9 Å². The number of methoxy groups -OCH3 is 2. The van der Waals surface area contributed by atoms with Crippen LogP contribution in [0.4, 0.5) is 0 Å². The van der Waals surface area contributed by atoms with E-state index in [1.807, 2.05) is 82.3 Å². The summed E-state index contributed by atoms with van der Waals surface area (Å²) in [7, 11) is 3.08. The fraction of sp³-hybridized carbons (Fsp3) is 0.672.